The predicted octanol–water partition coefficient (Wildman–Crippen LogP) is 1.54. The quantitative estimate of drug-likeness (QED) is 0.653. The lowest BCUT2D eigenvalue weighted by molar-refractivity contribution is -0.149. The van der Waals surface area contributed by atoms with Crippen LogP contribution in [0.4, 0.5) is 5.69 Å². The second-order valence-electron chi connectivity index (χ2n) is 7.01. The van der Waals surface area contributed by atoms with Crippen LogP contribution in [-0.2, 0) is 14.4 Å². The lowest BCUT2D eigenvalue weighted by atomic mass is 9.89. The van der Waals surface area contributed by atoms with Gasteiger partial charge in [0.2, 0.25) is 17.7 Å². The third-order valence-electron chi connectivity index (χ3n) is 4.64. The van der Waals surface area contributed by atoms with Crippen molar-refractivity contribution in [2.75, 3.05) is 31.5 Å². The minimum absolute atomic E-state index is 0.0144. The summed E-state index contributed by atoms with van der Waals surface area (Å²) in [5.74, 6) is -0.822. The Kier molecular flexibility index (Phi) is 5.79. The summed E-state index contributed by atoms with van der Waals surface area (Å²) in [6.07, 6.45) is 0. The molecule has 0 radical (unpaired) electrons. The molecule has 1 N–H and O–H groups in total. The molecule has 0 unspecified atom stereocenters. The number of benzene rings is 1. The molecule has 1 fully saturated rings. The van der Waals surface area contributed by atoms with Crippen LogP contribution >= 0.6 is 0 Å². The molecule has 3 amide bonds. The van der Waals surface area contributed by atoms with E-state index in [4.69, 9.17) is 0 Å². The maximum absolute atomic E-state index is 12.8. The highest BCUT2D eigenvalue weighted by Gasteiger charge is 2.40. The fraction of sp³-hybridized carbons (Fsp3) is 0.474. The predicted molar refractivity (Wildman–Crippen MR) is 97.7 cm³/mol. The molecule has 0 aliphatic carbocycles. The summed E-state index contributed by atoms with van der Waals surface area (Å²) in [5.41, 5.74) is -0.290. The summed E-state index contributed by atoms with van der Waals surface area (Å²) in [4.78, 5) is 51.6. The van der Waals surface area contributed by atoms with Crippen LogP contribution in [0.3, 0.4) is 0 Å². The molecule has 1 aromatic carbocycles. The van der Waals surface area contributed by atoms with Crippen molar-refractivity contribution >= 4 is 29.2 Å². The van der Waals surface area contributed by atoms with Crippen molar-refractivity contribution in [3.8, 4) is 0 Å². The van der Waals surface area contributed by atoms with Gasteiger partial charge in [-0.15, -0.1) is 0 Å². The molecule has 1 aliphatic rings. The fourth-order valence-corrected chi connectivity index (χ4v) is 2.82. The van der Waals surface area contributed by atoms with Crippen molar-refractivity contribution in [1.29, 1.82) is 0 Å². The summed E-state index contributed by atoms with van der Waals surface area (Å²) in [6.45, 7) is 7.88. The first-order valence-corrected chi connectivity index (χ1v) is 8.60. The Hall–Kier alpha value is -2.70. The largest absolute Gasteiger partial charge is 0.339 e. The number of piperazine rings is 1. The number of anilines is 1. The third-order valence-corrected chi connectivity index (χ3v) is 4.64. The van der Waals surface area contributed by atoms with Gasteiger partial charge in [0.05, 0.1) is 0 Å². The van der Waals surface area contributed by atoms with Gasteiger partial charge in [-0.1, -0.05) is 12.1 Å². The molecule has 0 spiro atoms. The molecule has 1 aromatic rings. The van der Waals surface area contributed by atoms with Gasteiger partial charge in [0, 0.05) is 44.4 Å². The average Bonchev–Trinajstić information content (AvgIpc) is 2.61. The van der Waals surface area contributed by atoms with Crippen LogP contribution in [0.5, 0.6) is 0 Å². The molecular weight excluding hydrogens is 334 g/mol. The Labute approximate surface area is 153 Å². The maximum atomic E-state index is 12.8. The lowest BCUT2D eigenvalue weighted by Gasteiger charge is -2.37. The SMILES string of the molecule is CC(=O)c1cccc(NC(=O)C(C)(C)C(=O)N2CCN(C(C)=O)CC2)c1. The van der Waals surface area contributed by atoms with Crippen molar-refractivity contribution in [2.45, 2.75) is 27.7 Å². The third kappa shape index (κ3) is 4.28. The van der Waals surface area contributed by atoms with E-state index in [0.29, 0.717) is 37.4 Å². The van der Waals surface area contributed by atoms with Crippen LogP contribution in [0.15, 0.2) is 24.3 Å². The lowest BCUT2D eigenvalue weighted by Crippen LogP contribution is -2.55. The highest BCUT2D eigenvalue weighted by atomic mass is 16.2. The average molecular weight is 359 g/mol. The molecule has 0 aromatic heterocycles. The number of nitrogens with one attached hydrogen (secondary N) is 1. The van der Waals surface area contributed by atoms with Gasteiger partial charge in [0.25, 0.3) is 0 Å². The molecule has 0 bridgehead atoms. The Morgan fingerprint density at radius 3 is 2.08 bits per heavy atom. The topological polar surface area (TPSA) is 86.8 Å². The highest BCUT2D eigenvalue weighted by Crippen LogP contribution is 2.23. The molecule has 1 heterocycles. The second-order valence-corrected chi connectivity index (χ2v) is 7.01. The molecule has 7 heteroatoms. The first kappa shape index (κ1) is 19.6. The van der Waals surface area contributed by atoms with Gasteiger partial charge in [-0.2, -0.15) is 0 Å². The Morgan fingerprint density at radius 1 is 0.962 bits per heavy atom. The monoisotopic (exact) mass is 359 g/mol. The molecule has 0 saturated carbocycles. The molecule has 7 nitrogen and oxygen atoms in total. The Bertz CT molecular complexity index is 734. The first-order valence-electron chi connectivity index (χ1n) is 8.60. The fourth-order valence-electron chi connectivity index (χ4n) is 2.82. The summed E-state index contributed by atoms with van der Waals surface area (Å²) >= 11 is 0. The smallest absolute Gasteiger partial charge is 0.239 e. The maximum Gasteiger partial charge on any atom is 0.239 e. The zero-order chi connectivity index (χ0) is 19.5. The van der Waals surface area contributed by atoms with Crippen molar-refractivity contribution in [2.24, 2.45) is 5.41 Å². The molecule has 1 saturated heterocycles. The van der Waals surface area contributed by atoms with E-state index < -0.39 is 11.3 Å². The number of hydrogen-bond acceptors (Lipinski definition) is 4. The number of carbonyl (C=O) groups excluding carboxylic acids is 4. The Morgan fingerprint density at radius 2 is 1.54 bits per heavy atom. The summed E-state index contributed by atoms with van der Waals surface area (Å²) in [6, 6.07) is 6.62. The summed E-state index contributed by atoms with van der Waals surface area (Å²) < 4.78 is 0. The van der Waals surface area contributed by atoms with E-state index in [1.165, 1.54) is 13.8 Å². The van der Waals surface area contributed by atoms with Crippen LogP contribution in [0.2, 0.25) is 0 Å². The van der Waals surface area contributed by atoms with Crippen molar-refractivity contribution < 1.29 is 19.2 Å². The van der Waals surface area contributed by atoms with Gasteiger partial charge in [-0.05, 0) is 32.9 Å². The van der Waals surface area contributed by atoms with E-state index in [-0.39, 0.29) is 17.6 Å². The van der Waals surface area contributed by atoms with Crippen LogP contribution in [0, 0.1) is 5.41 Å². The zero-order valence-electron chi connectivity index (χ0n) is 15.7. The van der Waals surface area contributed by atoms with Gasteiger partial charge in [-0.3, -0.25) is 19.2 Å². The molecule has 0 atom stereocenters. The molecular formula is C19H25N3O4. The minimum atomic E-state index is -1.26. The van der Waals surface area contributed by atoms with E-state index in [0.717, 1.165) is 0 Å². The minimum Gasteiger partial charge on any atom is -0.339 e. The van der Waals surface area contributed by atoms with E-state index >= 15 is 0 Å². The van der Waals surface area contributed by atoms with Crippen molar-refractivity contribution in [3.05, 3.63) is 29.8 Å². The van der Waals surface area contributed by atoms with E-state index in [9.17, 15) is 19.2 Å². The number of carbonyl (C=O) groups is 4. The van der Waals surface area contributed by atoms with Crippen LogP contribution in [0.25, 0.3) is 0 Å². The van der Waals surface area contributed by atoms with Gasteiger partial charge in [0.15, 0.2) is 5.78 Å². The molecule has 140 valence electrons. The van der Waals surface area contributed by atoms with E-state index in [1.54, 1.807) is 47.9 Å². The van der Waals surface area contributed by atoms with Crippen LogP contribution in [0.1, 0.15) is 38.1 Å². The summed E-state index contributed by atoms with van der Waals surface area (Å²) in [7, 11) is 0. The number of rotatable bonds is 4. The molecule has 26 heavy (non-hydrogen) atoms. The number of hydrogen-bond donors (Lipinski definition) is 1. The standard InChI is InChI=1S/C19H25N3O4/c1-13(23)15-6-5-7-16(12-15)20-17(25)19(3,4)18(26)22-10-8-21(9-11-22)14(2)24/h5-7,12H,8-11H2,1-4H3,(H,20,25). The van der Waals surface area contributed by atoms with Gasteiger partial charge in [0.1, 0.15) is 5.41 Å². The van der Waals surface area contributed by atoms with Gasteiger partial charge in [-0.25, -0.2) is 0 Å². The number of Topliss-reactive ketones (excluding diaryl/α,β-unsaturated/α-hetero) is 1. The van der Waals surface area contributed by atoms with Crippen molar-refractivity contribution in [1.82, 2.24) is 9.80 Å². The van der Waals surface area contributed by atoms with Gasteiger partial charge < -0.3 is 15.1 Å². The van der Waals surface area contributed by atoms with Crippen LogP contribution in [-0.4, -0.2) is 59.5 Å². The van der Waals surface area contributed by atoms with Crippen molar-refractivity contribution in [3.63, 3.8) is 0 Å². The number of nitrogens with zero attached hydrogens (tertiary/aromatic N) is 2. The molecule has 2 rings (SSSR count). The van der Waals surface area contributed by atoms with E-state index in [1.807, 2.05) is 0 Å². The van der Waals surface area contributed by atoms with Gasteiger partial charge >= 0.3 is 0 Å². The number of amides is 3. The Balaban J connectivity index is 2.05. The highest BCUT2D eigenvalue weighted by molar-refractivity contribution is 6.10. The summed E-state index contributed by atoms with van der Waals surface area (Å²) in [5, 5.41) is 2.72. The first-order chi connectivity index (χ1) is 12.1. The number of ketones is 1. The normalized spacial score (nSPS) is 14.8. The second kappa shape index (κ2) is 7.68. The van der Waals surface area contributed by atoms with Crippen LogP contribution < -0.4 is 5.32 Å². The van der Waals surface area contributed by atoms with E-state index in [2.05, 4.69) is 5.32 Å². The molecule has 1 aliphatic heterocycles. The zero-order valence-corrected chi connectivity index (χ0v) is 15.7.